The summed E-state index contributed by atoms with van der Waals surface area (Å²) in [4.78, 5) is 1.60. The van der Waals surface area contributed by atoms with Crippen LogP contribution >= 0.6 is 0 Å². The Morgan fingerprint density at radius 3 is 1.17 bits per heavy atom. The second-order valence-electron chi connectivity index (χ2n) is 1.95. The summed E-state index contributed by atoms with van der Waals surface area (Å²) < 4.78 is 0. The van der Waals surface area contributed by atoms with Gasteiger partial charge in [-0.05, 0) is 19.6 Å². The molecule has 0 atom stereocenters. The average Bonchev–Trinajstić information content (AvgIpc) is 1.90. The molecule has 75 valence electrons. The van der Waals surface area contributed by atoms with Crippen LogP contribution in [0.3, 0.4) is 0 Å². The number of hydrogen-bond donors (Lipinski definition) is 0. The van der Waals surface area contributed by atoms with E-state index >= 15 is 0 Å². The van der Waals surface area contributed by atoms with Gasteiger partial charge in [-0.1, -0.05) is 0 Å². The van der Waals surface area contributed by atoms with Crippen LogP contribution < -0.4 is 15.3 Å². The van der Waals surface area contributed by atoms with Gasteiger partial charge in [0.05, 0.1) is 0 Å². The fraction of sp³-hybridized carbons (Fsp3) is 1.00. The molecule has 1 radical (unpaired) electrons. The van der Waals surface area contributed by atoms with Gasteiger partial charge < -0.3 is 25.7 Å². The van der Waals surface area contributed by atoms with Crippen molar-refractivity contribution in [3.63, 3.8) is 0 Å². The van der Waals surface area contributed by atoms with E-state index in [2.05, 4.69) is 0 Å². The van der Waals surface area contributed by atoms with E-state index in [9.17, 15) is 15.3 Å². The van der Waals surface area contributed by atoms with Crippen LogP contribution in [0.15, 0.2) is 0 Å². The molecule has 0 rings (SSSR count). The van der Waals surface area contributed by atoms with E-state index in [1.165, 1.54) is 0 Å². The van der Waals surface area contributed by atoms with Crippen molar-refractivity contribution in [3.05, 3.63) is 0 Å². The molecule has 0 aromatic carbocycles. The SMILES string of the molecule is O.[O-]CCN(CC[O-])CC[O-].[V]. The number of rotatable bonds is 6. The predicted octanol–water partition coefficient (Wildman–Crippen LogP) is -4.46. The van der Waals surface area contributed by atoms with Crippen LogP contribution in [0.25, 0.3) is 0 Å². The molecule has 0 spiro atoms. The van der Waals surface area contributed by atoms with E-state index in [-0.39, 0.29) is 43.9 Å². The minimum atomic E-state index is -0.236. The summed E-state index contributed by atoms with van der Waals surface area (Å²) in [6.45, 7) is 0.263. The molecule has 0 saturated heterocycles. The topological polar surface area (TPSA) is 104 Å². The first-order valence-electron chi connectivity index (χ1n) is 3.31. The van der Waals surface area contributed by atoms with Gasteiger partial charge in [0.2, 0.25) is 0 Å². The summed E-state index contributed by atoms with van der Waals surface area (Å²) in [7, 11) is 0. The van der Waals surface area contributed by atoms with Crippen molar-refractivity contribution in [3.8, 4) is 0 Å². The van der Waals surface area contributed by atoms with Crippen LogP contribution in [0.4, 0.5) is 0 Å². The van der Waals surface area contributed by atoms with E-state index in [0.717, 1.165) is 0 Å². The Morgan fingerprint density at radius 2 is 1.00 bits per heavy atom. The van der Waals surface area contributed by atoms with Crippen LogP contribution in [-0.2, 0) is 18.6 Å². The summed E-state index contributed by atoms with van der Waals surface area (Å²) in [5, 5.41) is 30.1. The molecule has 12 heavy (non-hydrogen) atoms. The second kappa shape index (κ2) is 13.9. The standard InChI is InChI=1S/C6H12NO3.H2O.V/c8-4-1-7(2-5-9)3-6-10;;/h1-6H2;1H2;/q-3;;. The maximum absolute atomic E-state index is 10.0. The molecule has 6 heteroatoms. The Bertz CT molecular complexity index is 62.3. The number of nitrogens with zero attached hydrogens (tertiary/aromatic N) is 1. The zero-order valence-electron chi connectivity index (χ0n) is 6.86. The molecule has 0 aromatic heterocycles. The van der Waals surface area contributed by atoms with Crippen molar-refractivity contribution in [2.45, 2.75) is 0 Å². The maximum Gasteiger partial charge on any atom is 0 e. The summed E-state index contributed by atoms with van der Waals surface area (Å²) in [6, 6.07) is 0. The Hall–Kier alpha value is 0.384. The van der Waals surface area contributed by atoms with E-state index in [1.54, 1.807) is 4.90 Å². The molecule has 0 amide bonds. The van der Waals surface area contributed by atoms with Gasteiger partial charge in [-0.3, -0.25) is 0 Å². The first-order valence-corrected chi connectivity index (χ1v) is 3.31. The summed E-state index contributed by atoms with van der Waals surface area (Å²) in [5.41, 5.74) is 0. The van der Waals surface area contributed by atoms with Crippen molar-refractivity contribution in [1.29, 1.82) is 0 Å². The van der Waals surface area contributed by atoms with Gasteiger partial charge in [0.25, 0.3) is 0 Å². The molecular weight excluding hydrogens is 201 g/mol. The van der Waals surface area contributed by atoms with E-state index < -0.39 is 0 Å². The zero-order valence-corrected chi connectivity index (χ0v) is 8.26. The molecule has 0 bridgehead atoms. The molecule has 0 aromatic rings. The molecule has 2 N–H and O–H groups in total. The minimum Gasteiger partial charge on any atom is -0.854 e. The van der Waals surface area contributed by atoms with E-state index in [0.29, 0.717) is 19.6 Å². The molecule has 0 aliphatic heterocycles. The van der Waals surface area contributed by atoms with Crippen molar-refractivity contribution in [1.82, 2.24) is 4.90 Å². The normalized spacial score (nSPS) is 9.00. The van der Waals surface area contributed by atoms with Crippen molar-refractivity contribution in [2.75, 3.05) is 39.5 Å². The summed E-state index contributed by atoms with van der Waals surface area (Å²) >= 11 is 0. The van der Waals surface area contributed by atoms with Crippen molar-refractivity contribution < 1.29 is 39.4 Å². The molecule has 0 fully saturated rings. The molecule has 0 heterocycles. The Kier molecular flexibility index (Phi) is 21.2. The van der Waals surface area contributed by atoms with Gasteiger partial charge in [0, 0.05) is 18.6 Å². The van der Waals surface area contributed by atoms with Crippen LogP contribution in [0.1, 0.15) is 0 Å². The molecule has 0 aliphatic rings. The minimum absolute atomic E-state index is 0. The summed E-state index contributed by atoms with van der Waals surface area (Å²) in [5.74, 6) is 0. The third-order valence-electron chi connectivity index (χ3n) is 1.22. The largest absolute Gasteiger partial charge is 0.854 e. The molecule has 0 unspecified atom stereocenters. The molecule has 0 saturated carbocycles. The smallest absolute Gasteiger partial charge is 0 e. The van der Waals surface area contributed by atoms with Crippen molar-refractivity contribution in [2.24, 2.45) is 0 Å². The second-order valence-corrected chi connectivity index (χ2v) is 1.95. The predicted molar refractivity (Wildman–Crippen MR) is 34.7 cm³/mol. The average molecular weight is 215 g/mol. The van der Waals surface area contributed by atoms with Crippen LogP contribution in [0.2, 0.25) is 0 Å². The van der Waals surface area contributed by atoms with Gasteiger partial charge in [-0.2, -0.15) is 0 Å². The zero-order chi connectivity index (χ0) is 7.82. The van der Waals surface area contributed by atoms with Crippen LogP contribution in [0, 0.1) is 0 Å². The first-order chi connectivity index (χ1) is 4.85. The molecule has 5 nitrogen and oxygen atoms in total. The van der Waals surface area contributed by atoms with Gasteiger partial charge in [-0.15, -0.1) is 19.8 Å². The Morgan fingerprint density at radius 1 is 0.750 bits per heavy atom. The van der Waals surface area contributed by atoms with E-state index in [1.807, 2.05) is 0 Å². The van der Waals surface area contributed by atoms with Crippen LogP contribution in [-0.4, -0.2) is 49.8 Å². The van der Waals surface area contributed by atoms with Gasteiger partial charge in [-0.25, -0.2) is 0 Å². The monoisotopic (exact) mass is 215 g/mol. The molecule has 0 aliphatic carbocycles. The van der Waals surface area contributed by atoms with Gasteiger partial charge in [0.15, 0.2) is 0 Å². The van der Waals surface area contributed by atoms with Gasteiger partial charge in [0.1, 0.15) is 0 Å². The number of hydrogen-bond acceptors (Lipinski definition) is 4. The van der Waals surface area contributed by atoms with Gasteiger partial charge >= 0.3 is 0 Å². The Labute approximate surface area is 84.2 Å². The fourth-order valence-electron chi connectivity index (χ4n) is 0.723. The fourth-order valence-corrected chi connectivity index (χ4v) is 0.723. The third-order valence-corrected chi connectivity index (χ3v) is 1.22. The van der Waals surface area contributed by atoms with E-state index in [4.69, 9.17) is 0 Å². The summed E-state index contributed by atoms with van der Waals surface area (Å²) in [6.07, 6.45) is 0. The van der Waals surface area contributed by atoms with Crippen molar-refractivity contribution >= 4 is 0 Å². The molecular formula is C6H14NO4V-3. The van der Waals surface area contributed by atoms with Crippen LogP contribution in [0.5, 0.6) is 0 Å². The quantitative estimate of drug-likeness (QED) is 0.445. The third kappa shape index (κ3) is 10.4. The Balaban J connectivity index is -0.000000405. The maximum atomic E-state index is 10.0. The first kappa shape index (κ1) is 18.2.